The van der Waals surface area contributed by atoms with Gasteiger partial charge >= 0.3 is 5.69 Å². The van der Waals surface area contributed by atoms with Gasteiger partial charge in [-0.05, 0) is 46.7 Å². The number of H-pyrrole nitrogens is 1. The van der Waals surface area contributed by atoms with Crippen molar-refractivity contribution in [2.45, 2.75) is 102 Å². The summed E-state index contributed by atoms with van der Waals surface area (Å²) in [6, 6.07) is 9.39. The van der Waals surface area contributed by atoms with Gasteiger partial charge in [0.05, 0.1) is 17.6 Å². The first-order valence-corrected chi connectivity index (χ1v) is 16.9. The minimum Gasteiger partial charge on any atom is -0.490 e. The van der Waals surface area contributed by atoms with Crippen LogP contribution in [0.4, 0.5) is 0 Å². The molecule has 1 aromatic carbocycles. The maximum Gasteiger partial charge on any atom is 0.330 e. The molecule has 2 unspecified atom stereocenters. The minimum atomic E-state index is -1.63. The third-order valence-corrected chi connectivity index (χ3v) is 11.4. The van der Waals surface area contributed by atoms with E-state index >= 15 is 0 Å². The summed E-state index contributed by atoms with van der Waals surface area (Å²) in [6.45, 7) is 15.3. The molecule has 0 bridgehead atoms. The molecule has 0 aliphatic carbocycles. The van der Waals surface area contributed by atoms with Gasteiger partial charge in [-0.2, -0.15) is 0 Å². The van der Waals surface area contributed by atoms with E-state index < -0.39 is 44.3 Å². The number of methoxy groups -OCH3 is 1. The first kappa shape index (κ1) is 32.5. The van der Waals surface area contributed by atoms with Crippen LogP contribution in [0.3, 0.4) is 0 Å². The van der Waals surface area contributed by atoms with Crippen molar-refractivity contribution in [2.75, 3.05) is 20.3 Å². The fourth-order valence-electron chi connectivity index (χ4n) is 4.24. The van der Waals surface area contributed by atoms with Crippen LogP contribution in [0.15, 0.2) is 51.0 Å². The molecular weight excluding hydrogens is 585 g/mol. The van der Waals surface area contributed by atoms with Gasteiger partial charge in [0.1, 0.15) is 24.6 Å². The van der Waals surface area contributed by atoms with E-state index in [-0.39, 0.29) is 30.3 Å². The topological polar surface area (TPSA) is 104 Å². The van der Waals surface area contributed by atoms with Crippen molar-refractivity contribution in [1.82, 2.24) is 14.2 Å². The largest absolute Gasteiger partial charge is 0.490 e. The summed E-state index contributed by atoms with van der Waals surface area (Å²) >= 11 is 0. The molecule has 2 aromatic rings. The van der Waals surface area contributed by atoms with Crippen LogP contribution in [0.2, 0.25) is 0 Å². The zero-order chi connectivity index (χ0) is 31.0. The monoisotopic (exact) mass is 630 g/mol. The Labute approximate surface area is 253 Å². The van der Waals surface area contributed by atoms with E-state index in [1.165, 1.54) is 23.9 Å². The summed E-state index contributed by atoms with van der Waals surface area (Å²) in [5, 5.41) is 0. The molecule has 1 aliphatic rings. The highest BCUT2D eigenvalue weighted by atomic mass is 33.1. The van der Waals surface area contributed by atoms with E-state index in [1.807, 2.05) is 24.3 Å². The number of aromatic amines is 1. The number of nitrogens with one attached hydrogen (secondary N) is 1. The van der Waals surface area contributed by atoms with E-state index in [4.69, 9.17) is 24.6 Å². The Bertz CT molecular complexity index is 1230. The molecule has 1 saturated heterocycles. The molecule has 0 saturated carbocycles. The second-order valence-corrected chi connectivity index (χ2v) is 15.5. The highest BCUT2D eigenvalue weighted by molar-refractivity contribution is 8.77. The maximum absolute atomic E-state index is 12.5. The van der Waals surface area contributed by atoms with Crippen molar-refractivity contribution in [1.29, 1.82) is 0 Å². The molecule has 1 aliphatic heterocycles. The highest BCUT2D eigenvalue weighted by Crippen LogP contribution is 2.50. The second kappa shape index (κ2) is 15.4. The number of ether oxygens (including phenoxy) is 3. The lowest BCUT2D eigenvalue weighted by Crippen LogP contribution is -2.41. The normalized spacial score (nSPS) is 22.5. The fraction of sp³-hybridized carbons (Fsp3) is 0.643. The third-order valence-electron chi connectivity index (χ3n) is 5.91. The minimum absolute atomic E-state index is 0.0963. The number of nitrogens with zero attached hydrogens (tertiary/aromatic N) is 2. The Morgan fingerprint density at radius 2 is 1.83 bits per heavy atom. The number of hydrogen-bond acceptors (Lipinski definition) is 10. The number of hydrogen-bond donors (Lipinski definition) is 1. The Morgan fingerprint density at radius 3 is 2.44 bits per heavy atom. The zero-order valence-electron chi connectivity index (χ0n) is 26.1. The van der Waals surface area contributed by atoms with Crippen LogP contribution in [0.25, 0.3) is 0 Å². The highest BCUT2D eigenvalue weighted by Gasteiger charge is 2.47. The molecule has 41 heavy (non-hydrogen) atoms. The van der Waals surface area contributed by atoms with Crippen molar-refractivity contribution in [3.63, 3.8) is 0 Å². The van der Waals surface area contributed by atoms with Gasteiger partial charge in [-0.1, -0.05) is 54.5 Å². The molecule has 0 radical (unpaired) electrons. The van der Waals surface area contributed by atoms with Crippen molar-refractivity contribution >= 4 is 30.1 Å². The molecule has 5 atom stereocenters. The molecule has 13 heteroatoms. The quantitative estimate of drug-likeness (QED) is 0.156. The Hall–Kier alpha value is -1.37. The summed E-state index contributed by atoms with van der Waals surface area (Å²) in [5.41, 5.74) is -1.13. The van der Waals surface area contributed by atoms with Crippen molar-refractivity contribution in [3.05, 3.63) is 57.4 Å². The number of rotatable bonds is 14. The van der Waals surface area contributed by atoms with Gasteiger partial charge in [-0.15, -0.1) is 0 Å². The Kier molecular flexibility index (Phi) is 12.2. The van der Waals surface area contributed by atoms with Crippen LogP contribution in [-0.4, -0.2) is 69.7 Å². The summed E-state index contributed by atoms with van der Waals surface area (Å²) in [7, 11) is 3.35. The summed E-state index contributed by atoms with van der Waals surface area (Å²) < 4.78 is 42.6. The number of para-hydroxylation sites is 1. The van der Waals surface area contributed by atoms with Crippen LogP contribution in [0.1, 0.15) is 63.0 Å². The maximum atomic E-state index is 12.5. The smallest absolute Gasteiger partial charge is 0.330 e. The number of benzene rings is 1. The van der Waals surface area contributed by atoms with Gasteiger partial charge in [0.25, 0.3) is 14.1 Å². The van der Waals surface area contributed by atoms with Crippen LogP contribution >= 0.6 is 30.1 Å². The molecule has 2 heterocycles. The zero-order valence-corrected chi connectivity index (χ0v) is 27.6. The average molecular weight is 631 g/mol. The van der Waals surface area contributed by atoms with Crippen LogP contribution in [0, 0.1) is 0 Å². The van der Waals surface area contributed by atoms with Crippen molar-refractivity contribution in [2.24, 2.45) is 0 Å². The molecule has 1 fully saturated rings. The van der Waals surface area contributed by atoms with Gasteiger partial charge in [0, 0.05) is 37.6 Å². The average Bonchev–Trinajstić information content (AvgIpc) is 3.26. The van der Waals surface area contributed by atoms with E-state index in [1.54, 1.807) is 21.6 Å². The fourth-order valence-corrected chi connectivity index (χ4v) is 8.11. The van der Waals surface area contributed by atoms with Gasteiger partial charge in [-0.3, -0.25) is 14.3 Å². The first-order chi connectivity index (χ1) is 19.9. The van der Waals surface area contributed by atoms with Crippen molar-refractivity contribution in [3.8, 4) is 5.75 Å². The lowest BCUT2D eigenvalue weighted by atomic mass is 10.1. The van der Waals surface area contributed by atoms with Gasteiger partial charge in [0.2, 0.25) is 0 Å². The van der Waals surface area contributed by atoms with Gasteiger partial charge in [0.15, 0.2) is 6.23 Å². The molecule has 3 rings (SSSR count). The molecule has 0 spiro atoms. The van der Waals surface area contributed by atoms with E-state index in [0.29, 0.717) is 6.61 Å². The molecule has 0 amide bonds. The van der Waals surface area contributed by atoms with E-state index in [0.717, 1.165) is 10.6 Å². The summed E-state index contributed by atoms with van der Waals surface area (Å²) in [4.78, 5) is 27.5. The lowest BCUT2D eigenvalue weighted by Gasteiger charge is -2.38. The Morgan fingerprint density at radius 1 is 1.12 bits per heavy atom. The SMILES string of the molecule is [2H]C[C@H]1O[C@@H](n2ccc(=O)[nH]c2=O)[C@@H](OC)C1OP(OCCOc1ccccc1SSC(C)(C)C)N(C(C)C)C(C)C. The summed E-state index contributed by atoms with van der Waals surface area (Å²) in [5.74, 6) is 0.796. The van der Waals surface area contributed by atoms with Gasteiger partial charge in [-0.25, -0.2) is 9.46 Å². The standard InChI is InChI=1S/C28H44N3O7PS2/c1-18(2)31(19(3)4)39(36-17-16-35-21-12-10-11-13-22(21)40-41-28(6,7)8)38-24-20(5)37-26(25(24)34-9)30-15-14-23(32)29-27(30)33/h10-15,18-20,24-26H,16-17H2,1-9H3,(H,29,32,33)/t20-,24?,25+,26-,39?/m1/s1/i5D. The molecule has 1 aromatic heterocycles. The molecule has 230 valence electrons. The molecule has 10 nitrogen and oxygen atoms in total. The van der Waals surface area contributed by atoms with E-state index in [2.05, 4.69) is 58.1 Å². The van der Waals surface area contributed by atoms with Crippen LogP contribution in [-0.2, 0) is 18.5 Å². The Balaban J connectivity index is 1.76. The predicted molar refractivity (Wildman–Crippen MR) is 167 cm³/mol. The van der Waals surface area contributed by atoms with Crippen LogP contribution < -0.4 is 16.0 Å². The predicted octanol–water partition coefficient (Wildman–Crippen LogP) is 5.83. The molecule has 1 N–H and O–H groups in total. The van der Waals surface area contributed by atoms with E-state index in [9.17, 15) is 9.59 Å². The van der Waals surface area contributed by atoms with Crippen LogP contribution in [0.5, 0.6) is 5.75 Å². The first-order valence-electron chi connectivity index (χ1n) is 14.3. The molecular formula is C28H44N3O7PS2. The number of aromatic nitrogens is 2. The summed E-state index contributed by atoms with van der Waals surface area (Å²) in [6.07, 6.45) is -1.63. The second-order valence-electron chi connectivity index (χ2n) is 11.1. The third kappa shape index (κ3) is 9.56. The van der Waals surface area contributed by atoms with Gasteiger partial charge < -0.3 is 23.3 Å². The van der Waals surface area contributed by atoms with Crippen molar-refractivity contribution < 1.29 is 24.6 Å². The lowest BCUT2D eigenvalue weighted by molar-refractivity contribution is -0.0511.